The van der Waals surface area contributed by atoms with Crippen LogP contribution < -0.4 is 5.69 Å². The SMILES string of the molecule is O=c1[nH]c2ccccc2c2cc(C(O)c3ccccc3)nn12. The molecule has 2 N–H and O–H groups in total. The lowest BCUT2D eigenvalue weighted by molar-refractivity contribution is 0.215. The molecule has 0 bridgehead atoms. The van der Waals surface area contributed by atoms with Crippen molar-refractivity contribution in [1.82, 2.24) is 14.6 Å². The Balaban J connectivity index is 1.96. The topological polar surface area (TPSA) is 70.4 Å². The van der Waals surface area contributed by atoms with Crippen LogP contribution in [0.15, 0.2) is 65.5 Å². The van der Waals surface area contributed by atoms with Crippen molar-refractivity contribution in [2.45, 2.75) is 6.10 Å². The third-order valence-electron chi connectivity index (χ3n) is 3.76. The van der Waals surface area contributed by atoms with Gasteiger partial charge >= 0.3 is 5.69 Å². The van der Waals surface area contributed by atoms with Crippen LogP contribution in [0.4, 0.5) is 0 Å². The maximum absolute atomic E-state index is 12.1. The molecule has 4 rings (SSSR count). The summed E-state index contributed by atoms with van der Waals surface area (Å²) in [5, 5.41) is 15.6. The number of nitrogens with one attached hydrogen (secondary N) is 1. The second kappa shape index (κ2) is 4.82. The van der Waals surface area contributed by atoms with Crippen LogP contribution in [-0.2, 0) is 0 Å². The molecule has 5 heteroatoms. The molecule has 5 nitrogen and oxygen atoms in total. The summed E-state index contributed by atoms with van der Waals surface area (Å²) in [5.41, 5.74) is 2.31. The maximum Gasteiger partial charge on any atom is 0.347 e. The summed E-state index contributed by atoms with van der Waals surface area (Å²) in [7, 11) is 0. The average Bonchev–Trinajstić information content (AvgIpc) is 3.01. The lowest BCUT2D eigenvalue weighted by atomic mass is 10.1. The lowest BCUT2D eigenvalue weighted by Gasteiger charge is -2.06. The van der Waals surface area contributed by atoms with Crippen molar-refractivity contribution in [2.24, 2.45) is 0 Å². The van der Waals surface area contributed by atoms with Crippen molar-refractivity contribution in [3.63, 3.8) is 0 Å². The van der Waals surface area contributed by atoms with Crippen molar-refractivity contribution >= 4 is 16.4 Å². The van der Waals surface area contributed by atoms with Gasteiger partial charge in [-0.05, 0) is 17.7 Å². The Morgan fingerprint density at radius 1 is 1.05 bits per heavy atom. The third-order valence-corrected chi connectivity index (χ3v) is 3.76. The molecule has 0 amide bonds. The smallest absolute Gasteiger partial charge is 0.347 e. The van der Waals surface area contributed by atoms with Crippen molar-refractivity contribution in [2.75, 3.05) is 0 Å². The van der Waals surface area contributed by atoms with Crippen molar-refractivity contribution in [3.05, 3.63) is 82.4 Å². The van der Waals surface area contributed by atoms with Gasteiger partial charge in [-0.25, -0.2) is 4.79 Å². The van der Waals surface area contributed by atoms with E-state index in [0.29, 0.717) is 11.2 Å². The molecular formula is C17H13N3O2. The minimum absolute atomic E-state index is 0.319. The number of aromatic amines is 1. The number of aliphatic hydroxyl groups excluding tert-OH is 1. The summed E-state index contributed by atoms with van der Waals surface area (Å²) in [4.78, 5) is 14.9. The minimum Gasteiger partial charge on any atom is -0.382 e. The van der Waals surface area contributed by atoms with E-state index in [9.17, 15) is 9.90 Å². The number of H-pyrrole nitrogens is 1. The third kappa shape index (κ3) is 1.91. The first-order chi connectivity index (χ1) is 10.7. The summed E-state index contributed by atoms with van der Waals surface area (Å²) in [6, 6.07) is 18.6. The minimum atomic E-state index is -0.862. The van der Waals surface area contributed by atoms with Gasteiger partial charge in [0.2, 0.25) is 0 Å². The second-order valence-electron chi connectivity index (χ2n) is 5.16. The highest BCUT2D eigenvalue weighted by Gasteiger charge is 2.16. The molecule has 108 valence electrons. The fraction of sp³-hybridized carbons (Fsp3) is 0.0588. The standard InChI is InChI=1S/C17H13N3O2/c21-16(11-6-2-1-3-7-11)14-10-15-12-8-4-5-9-13(12)18-17(22)20(15)19-14/h1-10,16,21H,(H,18,22). The number of benzene rings is 2. The zero-order chi connectivity index (χ0) is 15.1. The van der Waals surface area contributed by atoms with E-state index in [4.69, 9.17) is 0 Å². The Morgan fingerprint density at radius 3 is 2.59 bits per heavy atom. The predicted molar refractivity (Wildman–Crippen MR) is 83.8 cm³/mol. The molecule has 4 aromatic rings. The highest BCUT2D eigenvalue weighted by atomic mass is 16.3. The van der Waals surface area contributed by atoms with Gasteiger partial charge in [-0.3, -0.25) is 0 Å². The van der Waals surface area contributed by atoms with Gasteiger partial charge in [-0.2, -0.15) is 9.61 Å². The number of aromatic nitrogens is 3. The number of aliphatic hydroxyl groups is 1. The van der Waals surface area contributed by atoms with Gasteiger partial charge in [-0.15, -0.1) is 0 Å². The normalized spacial score (nSPS) is 12.8. The number of hydrogen-bond acceptors (Lipinski definition) is 3. The molecule has 22 heavy (non-hydrogen) atoms. The van der Waals surface area contributed by atoms with Crippen LogP contribution in [0.1, 0.15) is 17.4 Å². The summed E-state index contributed by atoms with van der Waals surface area (Å²) in [6.45, 7) is 0. The van der Waals surface area contributed by atoms with E-state index in [1.165, 1.54) is 4.52 Å². The summed E-state index contributed by atoms with van der Waals surface area (Å²) in [6.07, 6.45) is -0.862. The molecule has 2 aromatic heterocycles. The van der Waals surface area contributed by atoms with Crippen LogP contribution in [0, 0.1) is 0 Å². The van der Waals surface area contributed by atoms with Gasteiger partial charge in [0.05, 0.1) is 16.7 Å². The van der Waals surface area contributed by atoms with Gasteiger partial charge in [0.25, 0.3) is 0 Å². The predicted octanol–water partition coefficient (Wildman–Crippen LogP) is 2.26. The molecule has 0 aliphatic rings. The number of fused-ring (bicyclic) bond motifs is 3. The van der Waals surface area contributed by atoms with Crippen LogP contribution in [0.25, 0.3) is 16.4 Å². The van der Waals surface area contributed by atoms with Gasteiger partial charge < -0.3 is 10.1 Å². The molecule has 1 atom stereocenters. The van der Waals surface area contributed by atoms with E-state index in [0.717, 1.165) is 16.5 Å². The van der Waals surface area contributed by atoms with Crippen molar-refractivity contribution in [3.8, 4) is 0 Å². The highest BCUT2D eigenvalue weighted by Crippen LogP contribution is 2.24. The van der Waals surface area contributed by atoms with E-state index in [-0.39, 0.29) is 5.69 Å². The molecule has 0 saturated heterocycles. The average molecular weight is 291 g/mol. The molecule has 2 heterocycles. The Kier molecular flexibility index (Phi) is 2.80. The Hall–Kier alpha value is -2.92. The van der Waals surface area contributed by atoms with Gasteiger partial charge in [0.15, 0.2) is 0 Å². The quantitative estimate of drug-likeness (QED) is 0.595. The monoisotopic (exact) mass is 291 g/mol. The van der Waals surface area contributed by atoms with Crippen molar-refractivity contribution < 1.29 is 5.11 Å². The Bertz CT molecular complexity index is 1020. The van der Waals surface area contributed by atoms with E-state index in [1.54, 1.807) is 6.07 Å². The summed E-state index contributed by atoms with van der Waals surface area (Å²) in [5.74, 6) is 0. The molecule has 1 unspecified atom stereocenters. The van der Waals surface area contributed by atoms with Crippen LogP contribution >= 0.6 is 0 Å². The van der Waals surface area contributed by atoms with Crippen molar-refractivity contribution in [1.29, 1.82) is 0 Å². The maximum atomic E-state index is 12.1. The van der Waals surface area contributed by atoms with Crippen LogP contribution in [-0.4, -0.2) is 19.7 Å². The first kappa shape index (κ1) is 12.8. The summed E-state index contributed by atoms with van der Waals surface area (Å²) < 4.78 is 1.30. The lowest BCUT2D eigenvalue weighted by Crippen LogP contribution is -2.17. The molecule has 0 saturated carbocycles. The van der Waals surface area contributed by atoms with E-state index in [1.807, 2.05) is 54.6 Å². The molecular weight excluding hydrogens is 278 g/mol. The summed E-state index contributed by atoms with van der Waals surface area (Å²) >= 11 is 0. The largest absolute Gasteiger partial charge is 0.382 e. The van der Waals surface area contributed by atoms with Crippen LogP contribution in [0.3, 0.4) is 0 Å². The zero-order valence-corrected chi connectivity index (χ0v) is 11.6. The van der Waals surface area contributed by atoms with Crippen LogP contribution in [0.2, 0.25) is 0 Å². The van der Waals surface area contributed by atoms with E-state index >= 15 is 0 Å². The number of rotatable bonds is 2. The number of para-hydroxylation sites is 1. The van der Waals surface area contributed by atoms with E-state index in [2.05, 4.69) is 10.1 Å². The van der Waals surface area contributed by atoms with Gasteiger partial charge in [-0.1, -0.05) is 48.5 Å². The molecule has 0 aliphatic heterocycles. The Labute approximate surface area is 125 Å². The Morgan fingerprint density at radius 2 is 1.77 bits per heavy atom. The second-order valence-corrected chi connectivity index (χ2v) is 5.16. The van der Waals surface area contributed by atoms with E-state index < -0.39 is 6.10 Å². The molecule has 0 fully saturated rings. The first-order valence-electron chi connectivity index (χ1n) is 6.98. The highest BCUT2D eigenvalue weighted by molar-refractivity contribution is 5.93. The first-order valence-corrected chi connectivity index (χ1v) is 6.98. The number of hydrogen-bond donors (Lipinski definition) is 2. The van der Waals surface area contributed by atoms with Crippen LogP contribution in [0.5, 0.6) is 0 Å². The zero-order valence-electron chi connectivity index (χ0n) is 11.6. The fourth-order valence-corrected chi connectivity index (χ4v) is 2.67. The number of nitrogens with zero attached hydrogens (tertiary/aromatic N) is 2. The van der Waals surface area contributed by atoms with Gasteiger partial charge in [0, 0.05) is 5.39 Å². The molecule has 2 aromatic carbocycles. The van der Waals surface area contributed by atoms with Gasteiger partial charge in [0.1, 0.15) is 6.10 Å². The molecule has 0 aliphatic carbocycles. The molecule has 0 spiro atoms. The fourth-order valence-electron chi connectivity index (χ4n) is 2.67. The molecule has 0 radical (unpaired) electrons.